The molecule has 2 aliphatic heterocycles. The predicted octanol–water partition coefficient (Wildman–Crippen LogP) is 15.0. The summed E-state index contributed by atoms with van der Waals surface area (Å²) >= 11 is 0. The van der Waals surface area contributed by atoms with Gasteiger partial charge in [-0.2, -0.15) is 0 Å². The van der Waals surface area contributed by atoms with Crippen LogP contribution in [0.2, 0.25) is 0 Å². The third kappa shape index (κ3) is 41.0. The smallest absolute Gasteiger partial charge is 0.220 e. The van der Waals surface area contributed by atoms with E-state index in [1.165, 1.54) is 263 Å². The highest BCUT2D eigenvalue weighted by atomic mass is 16.7. The second-order valence-electron chi connectivity index (χ2n) is 26.1. The number of rotatable bonds is 61. The lowest BCUT2D eigenvalue weighted by Gasteiger charge is -2.46. The SMILES string of the molecule is CCCCCCCCCC/C=C\CCCCCCCCCCCCCCCCCC(=O)NC(COC1OC(CO)C(OC2OC(CO)C(O)C(O)C2O)C(O)C1O)C(O)CCCCCCCCCCCCCCCCCCCCCCCCCC. The molecule has 2 rings (SSSR count). The number of allylic oxidation sites excluding steroid dienone is 2. The molecule has 2 fully saturated rings. The van der Waals surface area contributed by atoms with Crippen molar-refractivity contribution >= 4 is 5.91 Å². The highest BCUT2D eigenvalue weighted by molar-refractivity contribution is 5.76. The van der Waals surface area contributed by atoms with Crippen molar-refractivity contribution in [2.24, 2.45) is 0 Å². The summed E-state index contributed by atoms with van der Waals surface area (Å²) in [4.78, 5) is 13.4. The van der Waals surface area contributed by atoms with Crippen molar-refractivity contribution in [1.29, 1.82) is 0 Å². The van der Waals surface area contributed by atoms with Crippen LogP contribution in [0.3, 0.4) is 0 Å². The zero-order valence-electron chi connectivity index (χ0n) is 54.9. The van der Waals surface area contributed by atoms with E-state index in [1.54, 1.807) is 0 Å². The number of carbonyl (C=O) groups is 1. The molecule has 0 aliphatic carbocycles. The highest BCUT2D eigenvalue weighted by Crippen LogP contribution is 2.30. The molecule has 14 nitrogen and oxygen atoms in total. The van der Waals surface area contributed by atoms with E-state index in [4.69, 9.17) is 18.9 Å². The fraction of sp³-hybridized carbons (Fsp3) is 0.958. The maximum absolute atomic E-state index is 13.4. The van der Waals surface area contributed by atoms with E-state index >= 15 is 0 Å². The van der Waals surface area contributed by atoms with Crippen LogP contribution >= 0.6 is 0 Å². The van der Waals surface area contributed by atoms with Gasteiger partial charge in [0, 0.05) is 6.42 Å². The first-order chi connectivity index (χ1) is 41.6. The quantitative estimate of drug-likeness (QED) is 0.0204. The van der Waals surface area contributed by atoms with Gasteiger partial charge in [0.1, 0.15) is 48.8 Å². The van der Waals surface area contributed by atoms with Gasteiger partial charge in [0.05, 0.1) is 32.0 Å². The zero-order valence-corrected chi connectivity index (χ0v) is 54.9. The summed E-state index contributed by atoms with van der Waals surface area (Å²) in [7, 11) is 0. The van der Waals surface area contributed by atoms with Crippen LogP contribution in [-0.4, -0.2) is 140 Å². The van der Waals surface area contributed by atoms with E-state index in [1.807, 2.05) is 0 Å². The number of ether oxygens (including phenoxy) is 4. The molecule has 2 aliphatic rings. The molecule has 2 heterocycles. The number of unbranched alkanes of at least 4 members (excludes halogenated alkanes) is 46. The monoisotopic (exact) mass is 1210 g/mol. The van der Waals surface area contributed by atoms with Gasteiger partial charge in [-0.1, -0.05) is 309 Å². The number of carbonyl (C=O) groups excluding carboxylic acids is 1. The summed E-state index contributed by atoms with van der Waals surface area (Å²) < 4.78 is 22.9. The lowest BCUT2D eigenvalue weighted by Crippen LogP contribution is -2.65. The normalized spacial score (nSPS) is 23.5. The molecule has 1 amide bonds. The molecule has 85 heavy (non-hydrogen) atoms. The lowest BCUT2D eigenvalue weighted by molar-refractivity contribution is -0.359. The molecule has 14 heteroatoms. The van der Waals surface area contributed by atoms with Gasteiger partial charge >= 0.3 is 0 Å². The number of aliphatic hydroxyl groups excluding tert-OH is 8. The van der Waals surface area contributed by atoms with Crippen LogP contribution in [-0.2, 0) is 23.7 Å². The van der Waals surface area contributed by atoms with Crippen LogP contribution in [0.5, 0.6) is 0 Å². The molecule has 0 aromatic heterocycles. The lowest BCUT2D eigenvalue weighted by atomic mass is 9.97. The fourth-order valence-corrected chi connectivity index (χ4v) is 12.4. The summed E-state index contributed by atoms with van der Waals surface area (Å²) in [5, 5.41) is 87.7. The van der Waals surface area contributed by atoms with Gasteiger partial charge in [-0.3, -0.25) is 4.79 Å². The molecular formula is C71H137NO13. The van der Waals surface area contributed by atoms with Gasteiger partial charge < -0.3 is 65.1 Å². The molecule has 504 valence electrons. The molecule has 0 bridgehead atoms. The minimum atomic E-state index is -1.78. The Morgan fingerprint density at radius 3 is 1.12 bits per heavy atom. The van der Waals surface area contributed by atoms with E-state index in [-0.39, 0.29) is 12.5 Å². The largest absolute Gasteiger partial charge is 0.394 e. The van der Waals surface area contributed by atoms with Crippen LogP contribution in [0.25, 0.3) is 0 Å². The van der Waals surface area contributed by atoms with Gasteiger partial charge in [0.25, 0.3) is 0 Å². The standard InChI is InChI=1S/C71H137NO13/c1-3-5-7-9-11-13-15-17-19-21-23-25-27-29-30-31-33-35-37-39-41-43-45-47-49-51-53-55-63(76)72-59(58-82-70-68(81)66(79)69(62(57-74)84-70)85-71-67(80)65(78)64(77)61(56-73)83-71)60(75)54-52-50-48-46-44-42-40-38-36-34-32-28-26-24-22-20-18-16-14-12-10-8-6-4-2/h21,23,59-62,64-71,73-75,77-81H,3-20,22,24-58H2,1-2H3,(H,72,76)/b23-21-. The Bertz CT molecular complexity index is 1470. The summed E-state index contributed by atoms with van der Waals surface area (Å²) in [5.74, 6) is -0.199. The van der Waals surface area contributed by atoms with Crippen LogP contribution in [0.15, 0.2) is 12.2 Å². The van der Waals surface area contributed by atoms with Crippen molar-refractivity contribution in [3.63, 3.8) is 0 Å². The van der Waals surface area contributed by atoms with Crippen molar-refractivity contribution in [3.05, 3.63) is 12.2 Å². The summed E-state index contributed by atoms with van der Waals surface area (Å²) in [6.45, 7) is 2.92. The maximum Gasteiger partial charge on any atom is 0.220 e. The van der Waals surface area contributed by atoms with Crippen molar-refractivity contribution in [3.8, 4) is 0 Å². The molecule has 0 saturated carbocycles. The van der Waals surface area contributed by atoms with Crippen molar-refractivity contribution < 1.29 is 64.6 Å². The minimum absolute atomic E-state index is 0.199. The van der Waals surface area contributed by atoms with E-state index in [2.05, 4.69) is 31.3 Å². The number of hydrogen-bond donors (Lipinski definition) is 9. The molecule has 12 unspecified atom stereocenters. The minimum Gasteiger partial charge on any atom is -0.394 e. The first kappa shape index (κ1) is 79.8. The summed E-state index contributed by atoms with van der Waals surface area (Å²) in [5.41, 5.74) is 0. The van der Waals surface area contributed by atoms with Gasteiger partial charge in [-0.25, -0.2) is 0 Å². The van der Waals surface area contributed by atoms with E-state index < -0.39 is 86.8 Å². The molecule has 12 atom stereocenters. The third-order valence-corrected chi connectivity index (χ3v) is 18.2. The zero-order chi connectivity index (χ0) is 61.6. The molecule has 2 saturated heterocycles. The topological polar surface area (TPSA) is 228 Å². The van der Waals surface area contributed by atoms with E-state index in [9.17, 15) is 45.6 Å². The Balaban J connectivity index is 1.65. The Labute approximate surface area is 520 Å². The van der Waals surface area contributed by atoms with Crippen LogP contribution in [0.4, 0.5) is 0 Å². The van der Waals surface area contributed by atoms with Crippen LogP contribution < -0.4 is 5.32 Å². The average Bonchev–Trinajstić information content (AvgIpc) is 3.68. The Kier molecular flexibility index (Phi) is 53.2. The van der Waals surface area contributed by atoms with Crippen LogP contribution in [0.1, 0.15) is 341 Å². The highest BCUT2D eigenvalue weighted by Gasteiger charge is 2.51. The summed E-state index contributed by atoms with van der Waals surface area (Å²) in [6, 6.07) is -0.827. The predicted molar refractivity (Wildman–Crippen MR) is 346 cm³/mol. The average molecular weight is 1210 g/mol. The van der Waals surface area contributed by atoms with E-state index in [0.717, 1.165) is 51.4 Å². The van der Waals surface area contributed by atoms with Crippen molar-refractivity contribution in [1.82, 2.24) is 5.32 Å². The maximum atomic E-state index is 13.4. The van der Waals surface area contributed by atoms with Gasteiger partial charge in [-0.05, 0) is 38.5 Å². The Hall–Kier alpha value is -1.27. The molecule has 0 spiro atoms. The number of aliphatic hydroxyl groups is 8. The molecule has 0 aromatic carbocycles. The van der Waals surface area contributed by atoms with Crippen molar-refractivity contribution in [2.45, 2.75) is 415 Å². The molecule has 0 radical (unpaired) electrons. The fourth-order valence-electron chi connectivity index (χ4n) is 12.4. The second-order valence-corrected chi connectivity index (χ2v) is 26.1. The first-order valence-corrected chi connectivity index (χ1v) is 36.4. The number of amides is 1. The Morgan fingerprint density at radius 1 is 0.412 bits per heavy atom. The summed E-state index contributed by atoms with van der Waals surface area (Å²) in [6.07, 6.45) is 52.3. The Morgan fingerprint density at radius 2 is 0.741 bits per heavy atom. The van der Waals surface area contributed by atoms with Gasteiger partial charge in [0.15, 0.2) is 12.6 Å². The second kappa shape index (κ2) is 56.7. The van der Waals surface area contributed by atoms with Gasteiger partial charge in [0.2, 0.25) is 5.91 Å². The number of nitrogens with one attached hydrogen (secondary N) is 1. The molecule has 0 aromatic rings. The van der Waals surface area contributed by atoms with Gasteiger partial charge in [-0.15, -0.1) is 0 Å². The third-order valence-electron chi connectivity index (χ3n) is 18.2. The molecule has 9 N–H and O–H groups in total. The number of hydrogen-bond acceptors (Lipinski definition) is 13. The van der Waals surface area contributed by atoms with Crippen molar-refractivity contribution in [2.75, 3.05) is 19.8 Å². The first-order valence-electron chi connectivity index (χ1n) is 36.4. The van der Waals surface area contributed by atoms with E-state index in [0.29, 0.717) is 12.8 Å². The molecular weight excluding hydrogens is 1070 g/mol. The van der Waals surface area contributed by atoms with Crippen LogP contribution in [0, 0.1) is 0 Å².